The van der Waals surface area contributed by atoms with Crippen molar-refractivity contribution in [2.24, 2.45) is 5.73 Å². The number of hydrogen-bond acceptors (Lipinski definition) is 3. The van der Waals surface area contributed by atoms with Crippen LogP contribution in [0.1, 0.15) is 18.4 Å². The number of nitrogens with two attached hydrogens (primary N) is 1. The van der Waals surface area contributed by atoms with Crippen LogP contribution in [0, 0.1) is 6.92 Å². The first kappa shape index (κ1) is 10.7. The summed E-state index contributed by atoms with van der Waals surface area (Å²) in [5.74, 6) is 0.959. The van der Waals surface area contributed by atoms with Crippen molar-refractivity contribution < 1.29 is 4.42 Å². The second-order valence-electron chi connectivity index (χ2n) is 4.97. The third-order valence-electron chi connectivity index (χ3n) is 3.43. The molecule has 3 heteroatoms. The van der Waals surface area contributed by atoms with E-state index in [9.17, 15) is 0 Å². The summed E-state index contributed by atoms with van der Waals surface area (Å²) in [6, 6.07) is 8.68. The van der Waals surface area contributed by atoms with E-state index in [2.05, 4.69) is 30.0 Å². The number of anilines is 1. The van der Waals surface area contributed by atoms with Gasteiger partial charge < -0.3 is 15.1 Å². The fraction of sp³-hybridized carbons (Fsp3) is 0.429. The van der Waals surface area contributed by atoms with Crippen molar-refractivity contribution in [1.29, 1.82) is 0 Å². The molecule has 0 aliphatic carbocycles. The fourth-order valence-corrected chi connectivity index (χ4v) is 2.51. The molecule has 0 radical (unpaired) electrons. The van der Waals surface area contributed by atoms with E-state index in [1.807, 2.05) is 6.07 Å². The van der Waals surface area contributed by atoms with Crippen molar-refractivity contribution in [3.63, 3.8) is 0 Å². The minimum Gasteiger partial charge on any atom is -0.441 e. The van der Waals surface area contributed by atoms with Crippen molar-refractivity contribution in [1.82, 2.24) is 0 Å². The summed E-state index contributed by atoms with van der Waals surface area (Å²) in [6.07, 6.45) is 2.27. The number of nitrogens with zero attached hydrogens (tertiary/aromatic N) is 1. The van der Waals surface area contributed by atoms with Gasteiger partial charge in [-0.05, 0) is 31.9 Å². The topological polar surface area (TPSA) is 42.4 Å². The standard InChI is InChI=1S/C14H18N2O/c1-10-4-5-13-11(7-10)8-14(17-13)16-6-2-3-12(15)9-16/h4-5,7-8,12H,2-3,6,9,15H2,1H3. The SMILES string of the molecule is Cc1ccc2oc(N3CCCC(N)C3)cc2c1. The van der Waals surface area contributed by atoms with Crippen LogP contribution in [0.15, 0.2) is 28.7 Å². The van der Waals surface area contributed by atoms with Crippen LogP contribution in [0.4, 0.5) is 5.88 Å². The molecule has 17 heavy (non-hydrogen) atoms. The van der Waals surface area contributed by atoms with Crippen molar-refractivity contribution in [2.75, 3.05) is 18.0 Å². The predicted molar refractivity (Wildman–Crippen MR) is 70.4 cm³/mol. The monoisotopic (exact) mass is 230 g/mol. The Morgan fingerprint density at radius 3 is 3.06 bits per heavy atom. The molecule has 1 aromatic heterocycles. The van der Waals surface area contributed by atoms with Gasteiger partial charge in [-0.3, -0.25) is 0 Å². The second-order valence-corrected chi connectivity index (χ2v) is 4.97. The van der Waals surface area contributed by atoms with Gasteiger partial charge in [0.15, 0.2) is 5.88 Å². The van der Waals surface area contributed by atoms with Crippen molar-refractivity contribution >= 4 is 16.9 Å². The Hall–Kier alpha value is -1.48. The van der Waals surface area contributed by atoms with Gasteiger partial charge in [0.2, 0.25) is 0 Å². The normalized spacial score (nSPS) is 21.1. The van der Waals surface area contributed by atoms with E-state index in [0.717, 1.165) is 37.4 Å². The average molecular weight is 230 g/mol. The zero-order valence-corrected chi connectivity index (χ0v) is 10.1. The summed E-state index contributed by atoms with van der Waals surface area (Å²) < 4.78 is 5.88. The molecular weight excluding hydrogens is 212 g/mol. The zero-order chi connectivity index (χ0) is 11.8. The van der Waals surface area contributed by atoms with Crippen molar-refractivity contribution in [3.05, 3.63) is 29.8 Å². The Morgan fingerprint density at radius 2 is 2.24 bits per heavy atom. The highest BCUT2D eigenvalue weighted by atomic mass is 16.4. The summed E-state index contributed by atoms with van der Waals surface area (Å²) in [4.78, 5) is 2.25. The molecule has 0 spiro atoms. The molecule has 1 fully saturated rings. The number of benzene rings is 1. The lowest BCUT2D eigenvalue weighted by molar-refractivity contribution is 0.473. The van der Waals surface area contributed by atoms with E-state index in [-0.39, 0.29) is 6.04 Å². The van der Waals surface area contributed by atoms with E-state index >= 15 is 0 Å². The quantitative estimate of drug-likeness (QED) is 0.819. The van der Waals surface area contributed by atoms with Gasteiger partial charge in [-0.1, -0.05) is 11.6 Å². The van der Waals surface area contributed by atoms with Crippen molar-refractivity contribution in [2.45, 2.75) is 25.8 Å². The fourth-order valence-electron chi connectivity index (χ4n) is 2.51. The zero-order valence-electron chi connectivity index (χ0n) is 10.1. The van der Waals surface area contributed by atoms with Gasteiger partial charge in [0.05, 0.1) is 0 Å². The largest absolute Gasteiger partial charge is 0.441 e. The third kappa shape index (κ3) is 2.03. The van der Waals surface area contributed by atoms with E-state index in [1.54, 1.807) is 0 Å². The maximum atomic E-state index is 6.00. The maximum absolute atomic E-state index is 6.00. The summed E-state index contributed by atoms with van der Waals surface area (Å²) in [5, 5.41) is 1.18. The Labute approximate surface area is 101 Å². The van der Waals surface area contributed by atoms with Crippen LogP contribution in [0.5, 0.6) is 0 Å². The second kappa shape index (κ2) is 4.08. The van der Waals surface area contributed by atoms with Crippen LogP contribution in [-0.2, 0) is 0 Å². The van der Waals surface area contributed by atoms with E-state index in [0.29, 0.717) is 0 Å². The van der Waals surface area contributed by atoms with Crippen LogP contribution >= 0.6 is 0 Å². The molecule has 2 aromatic rings. The van der Waals surface area contributed by atoms with E-state index in [1.165, 1.54) is 10.9 Å². The Morgan fingerprint density at radius 1 is 1.35 bits per heavy atom. The molecule has 2 heterocycles. The molecule has 1 saturated heterocycles. The lowest BCUT2D eigenvalue weighted by Gasteiger charge is -2.30. The number of hydrogen-bond donors (Lipinski definition) is 1. The number of fused-ring (bicyclic) bond motifs is 1. The lowest BCUT2D eigenvalue weighted by atomic mass is 10.1. The number of piperidine rings is 1. The Bertz CT molecular complexity index is 532. The summed E-state index contributed by atoms with van der Waals surface area (Å²) in [5.41, 5.74) is 8.22. The maximum Gasteiger partial charge on any atom is 0.196 e. The summed E-state index contributed by atoms with van der Waals surface area (Å²) >= 11 is 0. The molecule has 2 N–H and O–H groups in total. The van der Waals surface area contributed by atoms with Gasteiger partial charge in [0, 0.05) is 30.6 Å². The Kier molecular flexibility index (Phi) is 2.56. The molecule has 0 bridgehead atoms. The van der Waals surface area contributed by atoms with Gasteiger partial charge in [0.1, 0.15) is 5.58 Å². The van der Waals surface area contributed by atoms with Gasteiger partial charge in [-0.2, -0.15) is 0 Å². The molecule has 0 saturated carbocycles. The first-order valence-electron chi connectivity index (χ1n) is 6.23. The minimum atomic E-state index is 0.277. The minimum absolute atomic E-state index is 0.277. The first-order chi connectivity index (χ1) is 8.22. The molecule has 1 atom stereocenters. The third-order valence-corrected chi connectivity index (χ3v) is 3.43. The van der Waals surface area contributed by atoms with E-state index in [4.69, 9.17) is 10.2 Å². The predicted octanol–water partition coefficient (Wildman–Crippen LogP) is 2.67. The molecule has 1 unspecified atom stereocenters. The van der Waals surface area contributed by atoms with Crippen LogP contribution in [-0.4, -0.2) is 19.1 Å². The lowest BCUT2D eigenvalue weighted by Crippen LogP contribution is -2.42. The van der Waals surface area contributed by atoms with Gasteiger partial charge in [-0.25, -0.2) is 0 Å². The van der Waals surface area contributed by atoms with Gasteiger partial charge in [-0.15, -0.1) is 0 Å². The smallest absolute Gasteiger partial charge is 0.196 e. The highest BCUT2D eigenvalue weighted by Crippen LogP contribution is 2.28. The highest BCUT2D eigenvalue weighted by molar-refractivity contribution is 5.81. The molecule has 1 aromatic carbocycles. The van der Waals surface area contributed by atoms with Crippen LogP contribution in [0.3, 0.4) is 0 Å². The molecule has 90 valence electrons. The molecule has 1 aliphatic heterocycles. The Balaban J connectivity index is 1.94. The van der Waals surface area contributed by atoms with Crippen molar-refractivity contribution in [3.8, 4) is 0 Å². The van der Waals surface area contributed by atoms with Gasteiger partial charge in [0.25, 0.3) is 0 Å². The first-order valence-corrected chi connectivity index (χ1v) is 6.23. The molecule has 1 aliphatic rings. The molecule has 3 rings (SSSR count). The van der Waals surface area contributed by atoms with Gasteiger partial charge >= 0.3 is 0 Å². The number of rotatable bonds is 1. The van der Waals surface area contributed by atoms with E-state index < -0.39 is 0 Å². The van der Waals surface area contributed by atoms with Crippen LogP contribution < -0.4 is 10.6 Å². The van der Waals surface area contributed by atoms with Crippen LogP contribution in [0.2, 0.25) is 0 Å². The number of aryl methyl sites for hydroxylation is 1. The molecular formula is C14H18N2O. The molecule has 0 amide bonds. The summed E-state index contributed by atoms with van der Waals surface area (Å²) in [7, 11) is 0. The average Bonchev–Trinajstić information content (AvgIpc) is 2.72. The molecule has 3 nitrogen and oxygen atoms in total. The summed E-state index contributed by atoms with van der Waals surface area (Å²) in [6.45, 7) is 4.05. The number of furan rings is 1. The highest BCUT2D eigenvalue weighted by Gasteiger charge is 2.19. The van der Waals surface area contributed by atoms with Crippen LogP contribution in [0.25, 0.3) is 11.0 Å².